The molecule has 134 valence electrons. The summed E-state index contributed by atoms with van der Waals surface area (Å²) in [6, 6.07) is 30.5. The summed E-state index contributed by atoms with van der Waals surface area (Å²) in [5.41, 5.74) is 5.13. The lowest BCUT2D eigenvalue weighted by molar-refractivity contribution is 0.567. The molecule has 0 saturated heterocycles. The zero-order valence-electron chi connectivity index (χ0n) is 15.1. The van der Waals surface area contributed by atoms with Crippen LogP contribution in [0.15, 0.2) is 108 Å². The van der Waals surface area contributed by atoms with Gasteiger partial charge in [0, 0.05) is 5.56 Å². The number of rotatable bonds is 4. The molecule has 0 atom stereocenters. The van der Waals surface area contributed by atoms with E-state index in [9.17, 15) is 0 Å². The molecule has 4 heteroatoms. The second-order valence-electron chi connectivity index (χ2n) is 6.47. The van der Waals surface area contributed by atoms with E-state index >= 15 is 0 Å². The maximum Gasteiger partial charge on any atom is 0.182 e. The normalized spacial score (nSPS) is 10.9. The van der Waals surface area contributed by atoms with E-state index in [-0.39, 0.29) is 0 Å². The highest BCUT2D eigenvalue weighted by atomic mass is 16.3. The first kappa shape index (κ1) is 16.3. The minimum Gasteiger partial charge on any atom is -0.472 e. The lowest BCUT2D eigenvalue weighted by Crippen LogP contribution is -1.98. The molecule has 0 unspecified atom stereocenters. The molecule has 0 spiro atoms. The minimum atomic E-state index is 0.679. The highest BCUT2D eigenvalue weighted by Crippen LogP contribution is 2.28. The molecule has 0 bridgehead atoms. The van der Waals surface area contributed by atoms with E-state index < -0.39 is 0 Å². The highest BCUT2D eigenvalue weighted by Gasteiger charge is 2.16. The van der Waals surface area contributed by atoms with Gasteiger partial charge in [0.05, 0.1) is 17.5 Å². The van der Waals surface area contributed by atoms with Crippen molar-refractivity contribution in [2.45, 2.75) is 0 Å². The molecule has 28 heavy (non-hydrogen) atoms. The van der Waals surface area contributed by atoms with E-state index in [1.807, 2.05) is 71.4 Å². The SMILES string of the molecule is c1ccc(-c2cccc(-c3nc(-c4ccoc4)n(-c4ccccc4)n3)c2)cc1. The van der Waals surface area contributed by atoms with Crippen LogP contribution in [0.3, 0.4) is 0 Å². The van der Waals surface area contributed by atoms with Gasteiger partial charge in [0.15, 0.2) is 11.6 Å². The molecule has 0 fully saturated rings. The summed E-state index contributed by atoms with van der Waals surface area (Å²) in [5.74, 6) is 1.43. The monoisotopic (exact) mass is 363 g/mol. The number of nitrogens with zero attached hydrogens (tertiary/aromatic N) is 3. The fourth-order valence-corrected chi connectivity index (χ4v) is 3.23. The predicted molar refractivity (Wildman–Crippen MR) is 110 cm³/mol. The van der Waals surface area contributed by atoms with Crippen molar-refractivity contribution >= 4 is 0 Å². The number of aromatic nitrogens is 3. The van der Waals surface area contributed by atoms with Gasteiger partial charge in [-0.2, -0.15) is 0 Å². The van der Waals surface area contributed by atoms with E-state index in [1.54, 1.807) is 12.5 Å². The summed E-state index contributed by atoms with van der Waals surface area (Å²) in [6.45, 7) is 0. The van der Waals surface area contributed by atoms with Gasteiger partial charge in [0.1, 0.15) is 6.26 Å². The Morgan fingerprint density at radius 3 is 2.11 bits per heavy atom. The summed E-state index contributed by atoms with van der Waals surface area (Å²) in [5, 5.41) is 4.81. The second kappa shape index (κ2) is 7.00. The Bertz CT molecular complexity index is 1190. The Morgan fingerprint density at radius 2 is 1.36 bits per heavy atom. The molecule has 0 aliphatic heterocycles. The first-order valence-corrected chi connectivity index (χ1v) is 9.09. The fraction of sp³-hybridized carbons (Fsp3) is 0. The molecule has 4 nitrogen and oxygen atoms in total. The van der Waals surface area contributed by atoms with Crippen LogP contribution in [0, 0.1) is 0 Å². The molecule has 2 heterocycles. The largest absolute Gasteiger partial charge is 0.472 e. The quantitative estimate of drug-likeness (QED) is 0.402. The van der Waals surface area contributed by atoms with Crippen molar-refractivity contribution < 1.29 is 4.42 Å². The fourth-order valence-electron chi connectivity index (χ4n) is 3.23. The Labute approximate surface area is 162 Å². The first-order chi connectivity index (χ1) is 13.9. The number of benzene rings is 3. The van der Waals surface area contributed by atoms with Gasteiger partial charge in [0.25, 0.3) is 0 Å². The van der Waals surface area contributed by atoms with Gasteiger partial charge >= 0.3 is 0 Å². The average Bonchev–Trinajstić information content (AvgIpc) is 3.45. The van der Waals surface area contributed by atoms with E-state index in [0.717, 1.165) is 28.2 Å². The lowest BCUT2D eigenvalue weighted by atomic mass is 10.0. The van der Waals surface area contributed by atoms with Gasteiger partial charge in [0.2, 0.25) is 0 Å². The molecule has 0 N–H and O–H groups in total. The van der Waals surface area contributed by atoms with Crippen molar-refractivity contribution in [3.05, 3.63) is 104 Å². The molecule has 2 aromatic heterocycles. The van der Waals surface area contributed by atoms with Crippen LogP contribution in [0.4, 0.5) is 0 Å². The van der Waals surface area contributed by atoms with Crippen LogP contribution < -0.4 is 0 Å². The third-order valence-electron chi connectivity index (χ3n) is 4.62. The highest BCUT2D eigenvalue weighted by molar-refractivity contribution is 5.71. The molecular weight excluding hydrogens is 346 g/mol. The van der Waals surface area contributed by atoms with Gasteiger partial charge in [-0.1, -0.05) is 66.7 Å². The van der Waals surface area contributed by atoms with E-state index in [1.165, 1.54) is 5.56 Å². The van der Waals surface area contributed by atoms with Crippen LogP contribution in [0.5, 0.6) is 0 Å². The van der Waals surface area contributed by atoms with Crippen LogP contribution in [0.2, 0.25) is 0 Å². The van der Waals surface area contributed by atoms with Gasteiger partial charge in [-0.3, -0.25) is 0 Å². The number of para-hydroxylation sites is 1. The standard InChI is InChI=1S/C24H17N3O/c1-3-8-18(9-4-1)19-10-7-11-20(16-19)23-25-24(21-14-15-28-17-21)27(26-23)22-12-5-2-6-13-22/h1-17H. The summed E-state index contributed by atoms with van der Waals surface area (Å²) in [4.78, 5) is 4.83. The molecule has 3 aromatic carbocycles. The van der Waals surface area contributed by atoms with E-state index in [0.29, 0.717) is 5.82 Å². The van der Waals surface area contributed by atoms with Gasteiger partial charge in [-0.15, -0.1) is 5.10 Å². The Hall–Kier alpha value is -3.92. The zero-order valence-corrected chi connectivity index (χ0v) is 15.1. The number of furan rings is 1. The molecular formula is C24H17N3O. The second-order valence-corrected chi connectivity index (χ2v) is 6.47. The maximum atomic E-state index is 5.27. The van der Waals surface area contributed by atoms with Gasteiger partial charge in [-0.05, 0) is 35.4 Å². The van der Waals surface area contributed by atoms with Crippen LogP contribution in [-0.2, 0) is 0 Å². The molecule has 0 amide bonds. The van der Waals surface area contributed by atoms with E-state index in [4.69, 9.17) is 14.5 Å². The van der Waals surface area contributed by atoms with E-state index in [2.05, 4.69) is 24.3 Å². The van der Waals surface area contributed by atoms with Crippen molar-refractivity contribution in [2.24, 2.45) is 0 Å². The Balaban J connectivity index is 1.64. The summed E-state index contributed by atoms with van der Waals surface area (Å²) >= 11 is 0. The molecule has 0 aliphatic carbocycles. The first-order valence-electron chi connectivity index (χ1n) is 9.09. The topological polar surface area (TPSA) is 43.9 Å². The van der Waals surface area contributed by atoms with Crippen molar-refractivity contribution in [1.29, 1.82) is 0 Å². The van der Waals surface area contributed by atoms with Crippen molar-refractivity contribution in [3.8, 4) is 39.6 Å². The molecule has 0 radical (unpaired) electrons. The summed E-state index contributed by atoms with van der Waals surface area (Å²) in [7, 11) is 0. The number of hydrogen-bond donors (Lipinski definition) is 0. The number of hydrogen-bond acceptors (Lipinski definition) is 3. The Kier molecular flexibility index (Phi) is 4.07. The molecule has 5 aromatic rings. The summed E-state index contributed by atoms with van der Waals surface area (Å²) in [6.07, 6.45) is 3.34. The summed E-state index contributed by atoms with van der Waals surface area (Å²) < 4.78 is 7.13. The smallest absolute Gasteiger partial charge is 0.182 e. The average molecular weight is 363 g/mol. The predicted octanol–water partition coefficient (Wildman–Crippen LogP) is 5.86. The maximum absolute atomic E-state index is 5.27. The lowest BCUT2D eigenvalue weighted by Gasteiger charge is -2.04. The van der Waals surface area contributed by atoms with Crippen molar-refractivity contribution in [2.75, 3.05) is 0 Å². The third kappa shape index (κ3) is 3.01. The van der Waals surface area contributed by atoms with Crippen molar-refractivity contribution in [3.63, 3.8) is 0 Å². The van der Waals surface area contributed by atoms with Crippen molar-refractivity contribution in [1.82, 2.24) is 14.8 Å². The minimum absolute atomic E-state index is 0.679. The van der Waals surface area contributed by atoms with Crippen LogP contribution in [0.25, 0.3) is 39.6 Å². The van der Waals surface area contributed by atoms with Crippen LogP contribution in [-0.4, -0.2) is 14.8 Å². The molecule has 0 saturated carbocycles. The third-order valence-corrected chi connectivity index (χ3v) is 4.62. The van der Waals surface area contributed by atoms with Gasteiger partial charge < -0.3 is 4.42 Å². The molecule has 5 rings (SSSR count). The zero-order chi connectivity index (χ0) is 18.8. The molecule has 0 aliphatic rings. The van der Waals surface area contributed by atoms with Gasteiger partial charge in [-0.25, -0.2) is 9.67 Å². The Morgan fingerprint density at radius 1 is 0.643 bits per heavy atom. The van der Waals surface area contributed by atoms with Crippen LogP contribution >= 0.6 is 0 Å². The van der Waals surface area contributed by atoms with Crippen LogP contribution in [0.1, 0.15) is 0 Å².